The monoisotopic (exact) mass is 524 g/mol. The number of alkyl halides is 3. The first kappa shape index (κ1) is 24.2. The molecule has 2 unspecified atom stereocenters. The third-order valence-corrected chi connectivity index (χ3v) is 5.98. The summed E-state index contributed by atoms with van der Waals surface area (Å²) in [4.78, 5) is 9.30. The molecule has 0 aromatic heterocycles. The Kier molecular flexibility index (Phi) is 9.06. The van der Waals surface area contributed by atoms with Crippen LogP contribution < -0.4 is 5.32 Å². The first-order valence-corrected chi connectivity index (χ1v) is 10.3. The predicted molar refractivity (Wildman–Crippen MR) is 122 cm³/mol. The van der Waals surface area contributed by atoms with Gasteiger partial charge < -0.3 is 10.2 Å². The van der Waals surface area contributed by atoms with Gasteiger partial charge in [0.2, 0.25) is 0 Å². The van der Waals surface area contributed by atoms with Crippen LogP contribution in [-0.2, 0) is 6.18 Å². The number of nitrogens with one attached hydrogen (secondary N) is 1. The van der Waals surface area contributed by atoms with E-state index in [2.05, 4.69) is 20.1 Å². The molecule has 2 aliphatic heterocycles. The van der Waals surface area contributed by atoms with Crippen LogP contribution in [0.3, 0.4) is 0 Å². The van der Waals surface area contributed by atoms with Crippen molar-refractivity contribution >= 4 is 29.9 Å². The van der Waals surface area contributed by atoms with Gasteiger partial charge >= 0.3 is 6.18 Å². The topological polar surface area (TPSA) is 30.9 Å². The van der Waals surface area contributed by atoms with Crippen LogP contribution in [-0.4, -0.2) is 61.6 Å². The van der Waals surface area contributed by atoms with E-state index in [1.165, 1.54) is 44.5 Å². The smallest absolute Gasteiger partial charge is 0.356 e. The average molecular weight is 524 g/mol. The summed E-state index contributed by atoms with van der Waals surface area (Å²) in [6.45, 7) is 7.08. The quantitative estimate of drug-likeness (QED) is 0.348. The van der Waals surface area contributed by atoms with Gasteiger partial charge in [0.25, 0.3) is 0 Å². The molecule has 0 amide bonds. The molecule has 0 spiro atoms. The molecule has 2 heterocycles. The van der Waals surface area contributed by atoms with E-state index in [1.807, 2.05) is 6.92 Å². The molecule has 4 nitrogen and oxygen atoms in total. The summed E-state index contributed by atoms with van der Waals surface area (Å²) >= 11 is 0. The zero-order chi connectivity index (χ0) is 20.1. The lowest BCUT2D eigenvalue weighted by Gasteiger charge is -2.25. The molecule has 1 N–H and O–H groups in total. The van der Waals surface area contributed by atoms with Gasteiger partial charge in [-0.1, -0.05) is 25.1 Å². The van der Waals surface area contributed by atoms with Crippen LogP contribution in [0.2, 0.25) is 0 Å². The molecule has 0 radical (unpaired) electrons. The summed E-state index contributed by atoms with van der Waals surface area (Å²) in [6.07, 6.45) is 0.233. The summed E-state index contributed by atoms with van der Waals surface area (Å²) < 4.78 is 38.7. The average Bonchev–Trinajstić information content (AvgIpc) is 3.36. The van der Waals surface area contributed by atoms with Gasteiger partial charge in [-0.25, -0.2) is 0 Å². The molecule has 2 atom stereocenters. The Morgan fingerprint density at radius 2 is 1.97 bits per heavy atom. The van der Waals surface area contributed by atoms with Gasteiger partial charge in [0.1, 0.15) is 0 Å². The summed E-state index contributed by atoms with van der Waals surface area (Å²) in [6, 6.07) is 6.27. The molecule has 3 rings (SSSR count). The number of hydrogen-bond acceptors (Lipinski definition) is 2. The van der Waals surface area contributed by atoms with Crippen LogP contribution in [0, 0.1) is 0 Å². The molecule has 2 saturated heterocycles. The van der Waals surface area contributed by atoms with Crippen molar-refractivity contribution in [3.05, 3.63) is 35.4 Å². The second kappa shape index (κ2) is 10.8. The highest BCUT2D eigenvalue weighted by molar-refractivity contribution is 14.0. The predicted octanol–water partition coefficient (Wildman–Crippen LogP) is 4.56. The van der Waals surface area contributed by atoms with Gasteiger partial charge in [-0.05, 0) is 56.3 Å². The van der Waals surface area contributed by atoms with Crippen LogP contribution in [0.15, 0.2) is 29.3 Å². The summed E-state index contributed by atoms with van der Waals surface area (Å²) in [7, 11) is 1.79. The van der Waals surface area contributed by atoms with Crippen molar-refractivity contribution in [2.24, 2.45) is 4.99 Å². The lowest BCUT2D eigenvalue weighted by Crippen LogP contribution is -2.43. The van der Waals surface area contributed by atoms with E-state index in [-0.39, 0.29) is 29.9 Å². The second-order valence-electron chi connectivity index (χ2n) is 7.92. The van der Waals surface area contributed by atoms with Gasteiger partial charge in [0, 0.05) is 32.7 Å². The molecule has 1 aromatic rings. The lowest BCUT2D eigenvalue weighted by atomic mass is 9.96. The number of rotatable bonds is 5. The maximum Gasteiger partial charge on any atom is 0.416 e. The minimum Gasteiger partial charge on any atom is -0.356 e. The normalized spacial score (nSPS) is 21.9. The Hall–Kier alpha value is -1.03. The van der Waals surface area contributed by atoms with E-state index in [9.17, 15) is 13.2 Å². The second-order valence-corrected chi connectivity index (χ2v) is 7.92. The van der Waals surface area contributed by atoms with E-state index in [0.717, 1.165) is 37.1 Å². The number of guanidine groups is 1. The first-order chi connectivity index (χ1) is 13.4. The molecule has 164 valence electrons. The van der Waals surface area contributed by atoms with Gasteiger partial charge in [-0.2, -0.15) is 13.2 Å². The molecule has 1 aromatic carbocycles. The molecule has 0 saturated carbocycles. The third kappa shape index (κ3) is 6.47. The zero-order valence-corrected chi connectivity index (χ0v) is 19.5. The van der Waals surface area contributed by atoms with Crippen LogP contribution in [0.25, 0.3) is 0 Å². The van der Waals surface area contributed by atoms with Gasteiger partial charge in [-0.15, -0.1) is 24.0 Å². The maximum atomic E-state index is 12.9. The molecule has 0 aliphatic carbocycles. The SMILES string of the molecule is CN=C(NCCC(C)c1cccc(C(F)(F)F)c1)N1CCC(N2CCCC2)C1.I. The van der Waals surface area contributed by atoms with Crippen LogP contribution in [0.5, 0.6) is 0 Å². The maximum absolute atomic E-state index is 12.9. The Morgan fingerprint density at radius 3 is 2.62 bits per heavy atom. The van der Waals surface area contributed by atoms with Crippen molar-refractivity contribution in [3.8, 4) is 0 Å². The Bertz CT molecular complexity index is 674. The van der Waals surface area contributed by atoms with Crippen molar-refractivity contribution in [2.45, 2.75) is 50.7 Å². The zero-order valence-electron chi connectivity index (χ0n) is 17.2. The highest BCUT2D eigenvalue weighted by Crippen LogP contribution is 2.31. The summed E-state index contributed by atoms with van der Waals surface area (Å²) in [5.74, 6) is 0.946. The number of likely N-dealkylation sites (tertiary alicyclic amines) is 2. The number of nitrogens with zero attached hydrogens (tertiary/aromatic N) is 3. The highest BCUT2D eigenvalue weighted by atomic mass is 127. The minimum absolute atomic E-state index is 0. The summed E-state index contributed by atoms with van der Waals surface area (Å²) in [5.41, 5.74) is 0.146. The highest BCUT2D eigenvalue weighted by Gasteiger charge is 2.31. The molecule has 2 aliphatic rings. The van der Waals surface area contributed by atoms with Crippen molar-refractivity contribution in [1.82, 2.24) is 15.1 Å². The van der Waals surface area contributed by atoms with E-state index in [1.54, 1.807) is 13.1 Å². The van der Waals surface area contributed by atoms with E-state index in [0.29, 0.717) is 12.6 Å². The standard InChI is InChI=1S/C21H31F3N4.HI/c1-16(17-6-5-7-18(14-17)21(22,23)24)8-10-26-20(25-2)28-13-9-19(15-28)27-11-3-4-12-27;/h5-7,14,16,19H,3-4,8-13,15H2,1-2H3,(H,25,26);1H. The number of aliphatic imine (C=N–C) groups is 1. The summed E-state index contributed by atoms with van der Waals surface area (Å²) in [5, 5.41) is 3.40. The van der Waals surface area contributed by atoms with E-state index in [4.69, 9.17) is 0 Å². The first-order valence-electron chi connectivity index (χ1n) is 10.3. The minimum atomic E-state index is -4.29. The third-order valence-electron chi connectivity index (χ3n) is 5.98. The van der Waals surface area contributed by atoms with Gasteiger partial charge in [-0.3, -0.25) is 9.89 Å². The number of benzene rings is 1. The molecular weight excluding hydrogens is 492 g/mol. The lowest BCUT2D eigenvalue weighted by molar-refractivity contribution is -0.137. The molecular formula is C21H32F3IN4. The van der Waals surface area contributed by atoms with Crippen LogP contribution in [0.4, 0.5) is 13.2 Å². The van der Waals surface area contributed by atoms with Crippen LogP contribution in [0.1, 0.15) is 49.7 Å². The van der Waals surface area contributed by atoms with E-state index >= 15 is 0 Å². The van der Waals surface area contributed by atoms with Gasteiger partial charge in [0.05, 0.1) is 5.56 Å². The van der Waals surface area contributed by atoms with Crippen molar-refractivity contribution in [1.29, 1.82) is 0 Å². The Balaban J connectivity index is 0.00000300. The fourth-order valence-corrected chi connectivity index (χ4v) is 4.26. The molecule has 2 fully saturated rings. The largest absolute Gasteiger partial charge is 0.416 e. The van der Waals surface area contributed by atoms with Crippen LogP contribution >= 0.6 is 24.0 Å². The van der Waals surface area contributed by atoms with Crippen molar-refractivity contribution in [3.63, 3.8) is 0 Å². The van der Waals surface area contributed by atoms with E-state index < -0.39 is 11.7 Å². The Labute approximate surface area is 188 Å². The van der Waals surface area contributed by atoms with Crippen molar-refractivity contribution < 1.29 is 13.2 Å². The Morgan fingerprint density at radius 1 is 1.24 bits per heavy atom. The fraction of sp³-hybridized carbons (Fsp3) is 0.667. The van der Waals surface area contributed by atoms with Gasteiger partial charge in [0.15, 0.2) is 5.96 Å². The van der Waals surface area contributed by atoms with Crippen molar-refractivity contribution in [2.75, 3.05) is 39.8 Å². The number of halogens is 4. The molecule has 0 bridgehead atoms. The molecule has 8 heteroatoms. The molecule has 29 heavy (non-hydrogen) atoms. The fourth-order valence-electron chi connectivity index (χ4n) is 4.26. The number of hydrogen-bond donors (Lipinski definition) is 1.